The Kier molecular flexibility index (Phi) is 9.05. The molecule has 0 aliphatic rings. The van der Waals surface area contributed by atoms with Crippen LogP contribution in [0.2, 0.25) is 0 Å². The summed E-state index contributed by atoms with van der Waals surface area (Å²) in [7, 11) is 0. The van der Waals surface area contributed by atoms with E-state index in [0.717, 1.165) is 18.6 Å². The first-order valence-electron chi connectivity index (χ1n) is 6.46. The molecule has 0 heterocycles. The smallest absolute Gasteiger partial charge is 0.146 e. The first kappa shape index (κ1) is 18.7. The van der Waals surface area contributed by atoms with Crippen LogP contribution in [0.25, 0.3) is 0 Å². The zero-order valence-corrected chi connectivity index (χ0v) is 18.4. The predicted molar refractivity (Wildman–Crippen MR) is 113 cm³/mol. The van der Waals surface area contributed by atoms with Gasteiger partial charge in [-0.3, -0.25) is 0 Å². The van der Waals surface area contributed by atoms with Crippen molar-refractivity contribution in [3.8, 4) is 5.75 Å². The molecule has 0 aliphatic carbocycles. The van der Waals surface area contributed by atoms with Crippen LogP contribution in [0.3, 0.4) is 0 Å². The van der Waals surface area contributed by atoms with E-state index < -0.39 is 0 Å². The second kappa shape index (κ2) is 9.66. The number of hydrogen-bond donors (Lipinski definition) is 0. The van der Waals surface area contributed by atoms with Crippen LogP contribution in [0.1, 0.15) is 33.6 Å². The molecule has 0 fully saturated rings. The summed E-state index contributed by atoms with van der Waals surface area (Å²) in [4.78, 5) is 0. The predicted octanol–water partition coefficient (Wildman–Crippen LogP) is 6.57. The van der Waals surface area contributed by atoms with E-state index in [9.17, 15) is 0 Å². The summed E-state index contributed by atoms with van der Waals surface area (Å²) in [5.74, 6) is 1.000. The van der Waals surface area contributed by atoms with Crippen molar-refractivity contribution >= 4 is 67.8 Å². The average Bonchev–Trinajstić information content (AvgIpc) is 2.32. The monoisotopic (exact) mass is 608 g/mol. The van der Waals surface area contributed by atoms with Crippen molar-refractivity contribution < 1.29 is 4.74 Å². The molecule has 20 heavy (non-hydrogen) atoms. The fraction of sp³-hybridized carbons (Fsp3) is 0.375. The van der Waals surface area contributed by atoms with Crippen molar-refractivity contribution in [2.75, 3.05) is 6.61 Å². The molecule has 0 aromatic heterocycles. The van der Waals surface area contributed by atoms with Crippen LogP contribution < -0.4 is 4.74 Å². The zero-order chi connectivity index (χ0) is 15.1. The van der Waals surface area contributed by atoms with Crippen molar-refractivity contribution in [1.82, 2.24) is 0 Å². The molecule has 4 heteroatoms. The molecule has 0 N–H and O–H groups in total. The van der Waals surface area contributed by atoms with Crippen LogP contribution in [0, 0.1) is 10.7 Å². The van der Waals surface area contributed by atoms with Crippen LogP contribution in [-0.4, -0.2) is 6.61 Å². The van der Waals surface area contributed by atoms with Gasteiger partial charge in [0.2, 0.25) is 0 Å². The maximum atomic E-state index is 5.91. The number of halogens is 3. The first-order valence-corrected chi connectivity index (χ1v) is 9.70. The molecule has 0 saturated carbocycles. The van der Waals surface area contributed by atoms with Gasteiger partial charge in [-0.15, -0.1) is 0 Å². The fourth-order valence-electron chi connectivity index (χ4n) is 1.62. The van der Waals surface area contributed by atoms with Gasteiger partial charge in [-0.1, -0.05) is 17.2 Å². The van der Waals surface area contributed by atoms with Gasteiger partial charge < -0.3 is 4.74 Å². The lowest BCUT2D eigenvalue weighted by Crippen LogP contribution is -1.99. The number of rotatable bonds is 6. The van der Waals surface area contributed by atoms with Crippen molar-refractivity contribution in [2.24, 2.45) is 0 Å². The van der Waals surface area contributed by atoms with E-state index >= 15 is 0 Å². The number of hydrogen-bond acceptors (Lipinski definition) is 1. The minimum absolute atomic E-state index is 0.646. The quantitative estimate of drug-likeness (QED) is 0.263. The highest BCUT2D eigenvalue weighted by atomic mass is 127. The molecule has 0 saturated heterocycles. The second-order valence-corrected chi connectivity index (χ2v) is 8.45. The van der Waals surface area contributed by atoms with E-state index in [0.29, 0.717) is 6.61 Å². The molecule has 0 unspecified atom stereocenters. The van der Waals surface area contributed by atoms with Gasteiger partial charge in [-0.25, -0.2) is 0 Å². The standard InChI is InChI=1S/C16H19I3O/c1-11(2)5-4-6-12(3)7-8-20-16-14(18)9-13(17)10-15(16)19/h5,7,9-10H,4,6,8H2,1-3H3/b12-7+. The molecule has 110 valence electrons. The lowest BCUT2D eigenvalue weighted by atomic mass is 10.1. The van der Waals surface area contributed by atoms with Crippen LogP contribution in [-0.2, 0) is 0 Å². The summed E-state index contributed by atoms with van der Waals surface area (Å²) >= 11 is 7.00. The summed E-state index contributed by atoms with van der Waals surface area (Å²) < 4.78 is 9.51. The molecule has 1 rings (SSSR count). The highest BCUT2D eigenvalue weighted by molar-refractivity contribution is 14.1. The third-order valence-electron chi connectivity index (χ3n) is 2.71. The Morgan fingerprint density at radius 3 is 2.20 bits per heavy atom. The van der Waals surface area contributed by atoms with Crippen LogP contribution in [0.5, 0.6) is 5.75 Å². The molecule has 0 radical (unpaired) electrons. The van der Waals surface area contributed by atoms with Crippen LogP contribution in [0.15, 0.2) is 35.4 Å². The lowest BCUT2D eigenvalue weighted by molar-refractivity contribution is 0.356. The van der Waals surface area contributed by atoms with Gasteiger partial charge in [0.05, 0.1) is 7.14 Å². The summed E-state index contributed by atoms with van der Waals surface area (Å²) in [5.41, 5.74) is 2.77. The largest absolute Gasteiger partial charge is 0.487 e. The van der Waals surface area contributed by atoms with Gasteiger partial charge >= 0.3 is 0 Å². The summed E-state index contributed by atoms with van der Waals surface area (Å²) in [6, 6.07) is 4.29. The molecular formula is C16H19I3O. The van der Waals surface area contributed by atoms with Crippen molar-refractivity contribution in [2.45, 2.75) is 33.6 Å². The van der Waals surface area contributed by atoms with E-state index in [1.165, 1.54) is 21.9 Å². The zero-order valence-electron chi connectivity index (χ0n) is 12.0. The van der Waals surface area contributed by atoms with E-state index in [2.05, 4.69) is 113 Å². The van der Waals surface area contributed by atoms with E-state index in [1.807, 2.05) is 0 Å². The molecule has 1 aromatic rings. The minimum Gasteiger partial charge on any atom is -0.487 e. The SMILES string of the molecule is CC(C)=CCC/C(C)=C/COc1c(I)cc(I)cc1I. The molecule has 0 amide bonds. The molecular weight excluding hydrogens is 589 g/mol. The molecule has 0 spiro atoms. The Morgan fingerprint density at radius 2 is 1.65 bits per heavy atom. The van der Waals surface area contributed by atoms with Gasteiger partial charge in [0.15, 0.2) is 0 Å². The fourth-order valence-corrected chi connectivity index (χ4v) is 5.52. The molecule has 0 aliphatic heterocycles. The maximum absolute atomic E-state index is 5.91. The highest BCUT2D eigenvalue weighted by Gasteiger charge is 2.07. The van der Waals surface area contributed by atoms with Crippen LogP contribution in [0.4, 0.5) is 0 Å². The molecule has 0 atom stereocenters. The Balaban J connectivity index is 2.53. The van der Waals surface area contributed by atoms with Gasteiger partial charge in [0.1, 0.15) is 12.4 Å². The van der Waals surface area contributed by atoms with Gasteiger partial charge in [0.25, 0.3) is 0 Å². The van der Waals surface area contributed by atoms with Gasteiger partial charge in [-0.05, 0) is 120 Å². The maximum Gasteiger partial charge on any atom is 0.146 e. The minimum atomic E-state index is 0.646. The topological polar surface area (TPSA) is 9.23 Å². The number of allylic oxidation sites excluding steroid dienone is 3. The van der Waals surface area contributed by atoms with E-state index in [-0.39, 0.29) is 0 Å². The van der Waals surface area contributed by atoms with Crippen molar-refractivity contribution in [3.63, 3.8) is 0 Å². The first-order chi connectivity index (χ1) is 9.40. The summed E-state index contributed by atoms with van der Waals surface area (Å²) in [6.07, 6.45) is 6.69. The van der Waals surface area contributed by atoms with Crippen molar-refractivity contribution in [1.29, 1.82) is 0 Å². The Morgan fingerprint density at radius 1 is 1.05 bits per heavy atom. The Hall–Kier alpha value is 0.690. The number of benzene rings is 1. The van der Waals surface area contributed by atoms with Crippen LogP contribution >= 0.6 is 67.8 Å². The van der Waals surface area contributed by atoms with Crippen molar-refractivity contribution in [3.05, 3.63) is 46.1 Å². The molecule has 1 aromatic carbocycles. The Labute approximate surface area is 163 Å². The third-order valence-corrected chi connectivity index (χ3v) is 4.94. The molecule has 0 bridgehead atoms. The normalized spacial score (nSPS) is 11.4. The van der Waals surface area contributed by atoms with Gasteiger partial charge in [0, 0.05) is 3.57 Å². The number of ether oxygens (including phenoxy) is 1. The average molecular weight is 608 g/mol. The van der Waals surface area contributed by atoms with E-state index in [1.54, 1.807) is 0 Å². The lowest BCUT2D eigenvalue weighted by Gasteiger charge is -2.09. The summed E-state index contributed by atoms with van der Waals surface area (Å²) in [6.45, 7) is 7.10. The summed E-state index contributed by atoms with van der Waals surface area (Å²) in [5, 5.41) is 0. The third kappa shape index (κ3) is 7.11. The highest BCUT2D eigenvalue weighted by Crippen LogP contribution is 2.29. The second-order valence-electron chi connectivity index (χ2n) is 4.88. The van der Waals surface area contributed by atoms with E-state index in [4.69, 9.17) is 4.74 Å². The Bertz CT molecular complexity index is 491. The molecule has 1 nitrogen and oxygen atoms in total. The van der Waals surface area contributed by atoms with Gasteiger partial charge in [-0.2, -0.15) is 0 Å².